The number of benzene rings is 2. The minimum atomic E-state index is -0.422. The third kappa shape index (κ3) is 3.30. The van der Waals surface area contributed by atoms with Crippen LogP contribution in [0.25, 0.3) is 5.70 Å². The van der Waals surface area contributed by atoms with E-state index in [-0.39, 0.29) is 5.91 Å². The van der Waals surface area contributed by atoms with Crippen LogP contribution in [0.3, 0.4) is 0 Å². The molecule has 2 heterocycles. The molecule has 2 aromatic carbocycles. The molecule has 138 valence electrons. The van der Waals surface area contributed by atoms with Gasteiger partial charge >= 0.3 is 0 Å². The van der Waals surface area contributed by atoms with Crippen LogP contribution in [0.1, 0.15) is 25.6 Å². The van der Waals surface area contributed by atoms with Crippen LogP contribution in [0.5, 0.6) is 5.75 Å². The maximum Gasteiger partial charge on any atom is 0.276 e. The molecule has 0 saturated heterocycles. The molecule has 0 spiro atoms. The molecule has 2 aromatic rings. The summed E-state index contributed by atoms with van der Waals surface area (Å²) < 4.78 is 5.64. The first kappa shape index (κ1) is 17.6. The van der Waals surface area contributed by atoms with E-state index in [2.05, 4.69) is 10.4 Å². The first-order valence-corrected chi connectivity index (χ1v) is 9.91. The van der Waals surface area contributed by atoms with Crippen LogP contribution < -0.4 is 20.6 Å². The highest BCUT2D eigenvalue weighted by Gasteiger charge is 2.34. The van der Waals surface area contributed by atoms with E-state index < -0.39 is 6.17 Å². The summed E-state index contributed by atoms with van der Waals surface area (Å²) in [6, 6.07) is 15.4. The Labute approximate surface area is 161 Å². The molecule has 0 unspecified atom stereocenters. The molecule has 2 aliphatic heterocycles. The zero-order valence-electron chi connectivity index (χ0n) is 15.2. The topological polar surface area (TPSA) is 66.3 Å². The van der Waals surface area contributed by atoms with Crippen LogP contribution in [-0.4, -0.2) is 28.4 Å². The van der Waals surface area contributed by atoms with Gasteiger partial charge in [0.1, 0.15) is 11.4 Å². The molecule has 0 fully saturated rings. The number of amidine groups is 1. The molecule has 0 saturated carbocycles. The van der Waals surface area contributed by atoms with Gasteiger partial charge in [-0.3, -0.25) is 15.1 Å². The number of thioether (sulfide) groups is 1. The van der Waals surface area contributed by atoms with Crippen molar-refractivity contribution in [1.82, 2.24) is 10.3 Å². The van der Waals surface area contributed by atoms with E-state index in [1.807, 2.05) is 62.4 Å². The van der Waals surface area contributed by atoms with Crippen molar-refractivity contribution in [1.29, 1.82) is 0 Å². The van der Waals surface area contributed by atoms with Crippen molar-refractivity contribution < 1.29 is 9.53 Å². The lowest BCUT2D eigenvalue weighted by Gasteiger charge is -2.34. The lowest BCUT2D eigenvalue weighted by Crippen LogP contribution is -2.50. The first-order chi connectivity index (χ1) is 13.2. The molecule has 2 aliphatic rings. The molecule has 4 rings (SSSR count). The second-order valence-corrected chi connectivity index (χ2v) is 7.26. The second-order valence-electron chi connectivity index (χ2n) is 6.01. The number of nitrogens with one attached hydrogen (secondary N) is 1. The van der Waals surface area contributed by atoms with Crippen molar-refractivity contribution in [3.8, 4) is 5.75 Å². The quantitative estimate of drug-likeness (QED) is 0.881. The van der Waals surface area contributed by atoms with Crippen molar-refractivity contribution in [3.63, 3.8) is 0 Å². The summed E-state index contributed by atoms with van der Waals surface area (Å²) in [6.07, 6.45) is -0.422. The number of hydrogen-bond donors (Lipinski definition) is 1. The van der Waals surface area contributed by atoms with E-state index in [1.165, 1.54) is 11.8 Å². The third-order valence-corrected chi connectivity index (χ3v) is 5.01. The van der Waals surface area contributed by atoms with Gasteiger partial charge in [-0.25, -0.2) is 5.01 Å². The van der Waals surface area contributed by atoms with Gasteiger partial charge in [0, 0.05) is 10.8 Å². The Kier molecular flexibility index (Phi) is 4.85. The molecule has 0 aliphatic carbocycles. The van der Waals surface area contributed by atoms with Gasteiger partial charge < -0.3 is 4.74 Å². The maximum absolute atomic E-state index is 12.9. The zero-order chi connectivity index (χ0) is 18.8. The predicted octanol–water partition coefficient (Wildman–Crippen LogP) is 1.98. The number of fused-ring (bicyclic) bond motifs is 2. The van der Waals surface area contributed by atoms with Gasteiger partial charge in [0.25, 0.3) is 5.91 Å². The number of nitrogens with zero attached hydrogens (tertiary/aromatic N) is 3. The normalized spacial score (nSPS) is 18.1. The second kappa shape index (κ2) is 7.44. The van der Waals surface area contributed by atoms with Gasteiger partial charge in [0.15, 0.2) is 11.3 Å². The standard InChI is InChI=1S/C20H20N4O2S/c1-3-26-14-9-7-8-13(12-14)18-21-16-11-6-5-10-15(16)17-19(25)22-20(27-4-2)23-24(17)18/h5-12,18H,3-4H2,1-2H3,(H,22,23,25)/t18-/m0/s1. The summed E-state index contributed by atoms with van der Waals surface area (Å²) in [7, 11) is 0. The molecule has 1 atom stereocenters. The van der Waals surface area contributed by atoms with Crippen molar-refractivity contribution in [2.45, 2.75) is 20.0 Å². The number of carbonyl (C=O) groups is 1. The minimum Gasteiger partial charge on any atom is -0.494 e. The average molecular weight is 380 g/mol. The van der Waals surface area contributed by atoms with E-state index in [1.54, 1.807) is 5.01 Å². The van der Waals surface area contributed by atoms with Gasteiger partial charge in [-0.2, -0.15) is 0 Å². The summed E-state index contributed by atoms with van der Waals surface area (Å²) in [4.78, 5) is 17.8. The van der Waals surface area contributed by atoms with Crippen LogP contribution in [0.2, 0.25) is 0 Å². The smallest absolute Gasteiger partial charge is 0.276 e. The maximum atomic E-state index is 12.9. The molecular formula is C20H20N4O2S. The highest BCUT2D eigenvalue weighted by Crippen LogP contribution is 2.32. The van der Waals surface area contributed by atoms with Crippen LogP contribution in [0.15, 0.2) is 58.6 Å². The monoisotopic (exact) mass is 380 g/mol. The van der Waals surface area contributed by atoms with E-state index in [0.29, 0.717) is 17.5 Å². The Balaban J connectivity index is 1.90. The SMILES string of the molecule is CCOc1cccc([C@H]2N=c3ccccc3=C3C(=O)NC(SCC)=NN32)c1. The molecule has 0 aromatic heterocycles. The van der Waals surface area contributed by atoms with E-state index in [9.17, 15) is 4.79 Å². The molecule has 1 amide bonds. The van der Waals surface area contributed by atoms with E-state index in [0.717, 1.165) is 27.6 Å². The number of rotatable bonds is 4. The number of amides is 1. The molecule has 6 nitrogen and oxygen atoms in total. The number of carbonyl (C=O) groups excluding carboxylic acids is 1. The van der Waals surface area contributed by atoms with E-state index >= 15 is 0 Å². The van der Waals surface area contributed by atoms with Gasteiger partial charge in [0.05, 0.1) is 12.0 Å². The third-order valence-electron chi connectivity index (χ3n) is 4.26. The fraction of sp³-hybridized carbons (Fsp3) is 0.250. The lowest BCUT2D eigenvalue weighted by molar-refractivity contribution is -0.116. The Morgan fingerprint density at radius 1 is 1.19 bits per heavy atom. The van der Waals surface area contributed by atoms with Crippen LogP contribution >= 0.6 is 11.8 Å². The fourth-order valence-electron chi connectivity index (χ4n) is 3.18. The van der Waals surface area contributed by atoms with Gasteiger partial charge in [-0.1, -0.05) is 49.0 Å². The summed E-state index contributed by atoms with van der Waals surface area (Å²) >= 11 is 1.50. The summed E-state index contributed by atoms with van der Waals surface area (Å²) in [6.45, 7) is 4.57. The Bertz CT molecular complexity index is 1030. The highest BCUT2D eigenvalue weighted by molar-refractivity contribution is 8.13. The van der Waals surface area contributed by atoms with Crippen LogP contribution in [0, 0.1) is 0 Å². The highest BCUT2D eigenvalue weighted by atomic mass is 32.2. The summed E-state index contributed by atoms with van der Waals surface area (Å²) in [5, 5.41) is 11.5. The molecule has 0 radical (unpaired) electrons. The van der Waals surface area contributed by atoms with Crippen molar-refractivity contribution >= 4 is 28.5 Å². The lowest BCUT2D eigenvalue weighted by atomic mass is 10.1. The van der Waals surface area contributed by atoms with Crippen LogP contribution in [0.4, 0.5) is 0 Å². The Hall–Kier alpha value is -2.80. The van der Waals surface area contributed by atoms with Crippen molar-refractivity contribution in [3.05, 3.63) is 64.7 Å². The predicted molar refractivity (Wildman–Crippen MR) is 107 cm³/mol. The summed E-state index contributed by atoms with van der Waals surface area (Å²) in [5.74, 6) is 1.44. The molecule has 1 N–H and O–H groups in total. The Morgan fingerprint density at radius 3 is 2.85 bits per heavy atom. The number of ether oxygens (including phenoxy) is 1. The fourth-order valence-corrected chi connectivity index (χ4v) is 3.76. The van der Waals surface area contributed by atoms with Crippen molar-refractivity contribution in [2.75, 3.05) is 12.4 Å². The number of hydrogen-bond acceptors (Lipinski definition) is 6. The largest absolute Gasteiger partial charge is 0.494 e. The molecule has 0 bridgehead atoms. The van der Waals surface area contributed by atoms with Gasteiger partial charge in [0.2, 0.25) is 0 Å². The summed E-state index contributed by atoms with van der Waals surface area (Å²) in [5.41, 5.74) is 1.44. The zero-order valence-corrected chi connectivity index (χ0v) is 16.0. The molecule has 7 heteroatoms. The average Bonchev–Trinajstić information content (AvgIpc) is 2.68. The van der Waals surface area contributed by atoms with Gasteiger partial charge in [-0.05, 0) is 30.9 Å². The molecule has 27 heavy (non-hydrogen) atoms. The number of hydrazone groups is 1. The Morgan fingerprint density at radius 2 is 2.04 bits per heavy atom. The minimum absolute atomic E-state index is 0.158. The van der Waals surface area contributed by atoms with E-state index in [4.69, 9.17) is 9.73 Å². The van der Waals surface area contributed by atoms with Crippen LogP contribution in [-0.2, 0) is 4.79 Å². The first-order valence-electron chi connectivity index (χ1n) is 8.93. The van der Waals surface area contributed by atoms with Gasteiger partial charge in [-0.15, -0.1) is 5.10 Å². The number of para-hydroxylation sites is 1. The van der Waals surface area contributed by atoms with Crippen molar-refractivity contribution in [2.24, 2.45) is 10.1 Å². The molecular weight excluding hydrogens is 360 g/mol.